The van der Waals surface area contributed by atoms with Gasteiger partial charge in [0.1, 0.15) is 0 Å². The van der Waals surface area contributed by atoms with E-state index in [1.54, 1.807) is 13.8 Å². The SMILES string of the molecule is CCOC(=O)c1c(C(=O)OCC)c2ccccc2c2ccccc12. The van der Waals surface area contributed by atoms with Crippen LogP contribution in [0.2, 0.25) is 0 Å². The summed E-state index contributed by atoms with van der Waals surface area (Å²) < 4.78 is 10.4. The third-order valence-electron chi connectivity index (χ3n) is 3.89. The molecular weight excluding hydrogens is 304 g/mol. The van der Waals surface area contributed by atoms with Crippen LogP contribution in [0.15, 0.2) is 48.5 Å². The van der Waals surface area contributed by atoms with Crippen molar-refractivity contribution in [3.05, 3.63) is 59.7 Å². The molecule has 0 saturated carbocycles. The summed E-state index contributed by atoms with van der Waals surface area (Å²) in [5.41, 5.74) is 0.536. The van der Waals surface area contributed by atoms with Gasteiger partial charge in [-0.25, -0.2) is 9.59 Å². The molecule has 0 saturated heterocycles. The summed E-state index contributed by atoms with van der Waals surface area (Å²) in [6.45, 7) is 3.96. The van der Waals surface area contributed by atoms with Crippen molar-refractivity contribution in [3.8, 4) is 0 Å². The number of fused-ring (bicyclic) bond motifs is 3. The molecular formula is C20H18O4. The van der Waals surface area contributed by atoms with Crippen LogP contribution in [0.5, 0.6) is 0 Å². The summed E-state index contributed by atoms with van der Waals surface area (Å²) in [5.74, 6) is -1.02. The molecule has 0 bridgehead atoms. The lowest BCUT2D eigenvalue weighted by Gasteiger charge is -2.15. The molecule has 0 aromatic heterocycles. The van der Waals surface area contributed by atoms with Crippen LogP contribution in [0.4, 0.5) is 0 Å². The molecule has 4 nitrogen and oxygen atoms in total. The standard InChI is InChI=1S/C20H18O4/c1-3-23-19(21)17-15-11-7-5-9-13(15)14-10-6-8-12-16(14)18(17)20(22)24-4-2/h5-12H,3-4H2,1-2H3. The topological polar surface area (TPSA) is 52.6 Å². The zero-order chi connectivity index (χ0) is 17.1. The molecule has 0 aliphatic heterocycles. The fourth-order valence-electron chi connectivity index (χ4n) is 2.97. The summed E-state index contributed by atoms with van der Waals surface area (Å²) in [7, 11) is 0. The molecule has 3 aromatic carbocycles. The van der Waals surface area contributed by atoms with Gasteiger partial charge in [-0.3, -0.25) is 0 Å². The third-order valence-corrected chi connectivity index (χ3v) is 3.89. The van der Waals surface area contributed by atoms with Crippen LogP contribution in [-0.2, 0) is 9.47 Å². The third kappa shape index (κ3) is 2.60. The van der Waals surface area contributed by atoms with Crippen molar-refractivity contribution >= 4 is 33.5 Å². The largest absolute Gasteiger partial charge is 0.462 e. The van der Waals surface area contributed by atoms with Gasteiger partial charge in [-0.15, -0.1) is 0 Å². The molecule has 0 atom stereocenters. The minimum atomic E-state index is -0.512. The minimum absolute atomic E-state index is 0.238. The molecule has 0 aliphatic rings. The Kier molecular flexibility index (Phi) is 4.47. The second kappa shape index (κ2) is 6.71. The summed E-state index contributed by atoms with van der Waals surface area (Å²) >= 11 is 0. The molecule has 0 fully saturated rings. The number of ether oxygens (including phenoxy) is 2. The van der Waals surface area contributed by atoms with E-state index in [9.17, 15) is 9.59 Å². The van der Waals surface area contributed by atoms with Crippen LogP contribution >= 0.6 is 0 Å². The number of carbonyl (C=O) groups excluding carboxylic acids is 2. The lowest BCUT2D eigenvalue weighted by Crippen LogP contribution is -2.15. The Hall–Kier alpha value is -2.88. The molecule has 0 spiro atoms. The monoisotopic (exact) mass is 322 g/mol. The minimum Gasteiger partial charge on any atom is -0.462 e. The highest BCUT2D eigenvalue weighted by Crippen LogP contribution is 2.33. The first-order valence-electron chi connectivity index (χ1n) is 7.96. The number of hydrogen-bond donors (Lipinski definition) is 0. The van der Waals surface area contributed by atoms with E-state index in [1.165, 1.54) is 0 Å². The molecule has 0 amide bonds. The maximum absolute atomic E-state index is 12.6. The quantitative estimate of drug-likeness (QED) is 0.529. The Labute approximate surface area is 140 Å². The van der Waals surface area contributed by atoms with Gasteiger partial charge in [-0.05, 0) is 35.4 Å². The number of carbonyl (C=O) groups is 2. The van der Waals surface area contributed by atoms with Crippen molar-refractivity contribution in [2.75, 3.05) is 13.2 Å². The van der Waals surface area contributed by atoms with Gasteiger partial charge in [-0.2, -0.15) is 0 Å². The molecule has 4 heteroatoms. The molecule has 3 rings (SSSR count). The molecule has 0 unspecified atom stereocenters. The summed E-state index contributed by atoms with van der Waals surface area (Å²) in [4.78, 5) is 25.2. The number of benzene rings is 3. The Morgan fingerprint density at radius 3 is 1.33 bits per heavy atom. The molecule has 24 heavy (non-hydrogen) atoms. The van der Waals surface area contributed by atoms with Crippen molar-refractivity contribution in [3.63, 3.8) is 0 Å². The summed E-state index contributed by atoms with van der Waals surface area (Å²) in [6, 6.07) is 15.0. The average molecular weight is 322 g/mol. The van der Waals surface area contributed by atoms with Crippen LogP contribution in [0, 0.1) is 0 Å². The Morgan fingerprint density at radius 1 is 0.667 bits per heavy atom. The zero-order valence-electron chi connectivity index (χ0n) is 13.7. The average Bonchev–Trinajstić information content (AvgIpc) is 2.61. The first-order chi connectivity index (χ1) is 11.7. The van der Waals surface area contributed by atoms with Gasteiger partial charge in [0.15, 0.2) is 0 Å². The van der Waals surface area contributed by atoms with E-state index in [1.807, 2.05) is 48.5 Å². The first kappa shape index (κ1) is 16.0. The van der Waals surface area contributed by atoms with E-state index in [2.05, 4.69) is 0 Å². The van der Waals surface area contributed by atoms with Crippen molar-refractivity contribution in [1.29, 1.82) is 0 Å². The van der Waals surface area contributed by atoms with Gasteiger partial charge in [0.25, 0.3) is 0 Å². The molecule has 0 heterocycles. The Bertz CT molecular complexity index is 851. The van der Waals surface area contributed by atoms with Gasteiger partial charge in [-0.1, -0.05) is 48.5 Å². The summed E-state index contributed by atoms with van der Waals surface area (Å²) in [6.07, 6.45) is 0. The van der Waals surface area contributed by atoms with E-state index in [-0.39, 0.29) is 24.3 Å². The zero-order valence-corrected chi connectivity index (χ0v) is 13.7. The summed E-state index contributed by atoms with van der Waals surface area (Å²) in [5, 5.41) is 3.20. The van der Waals surface area contributed by atoms with E-state index < -0.39 is 11.9 Å². The lowest BCUT2D eigenvalue weighted by atomic mass is 9.91. The van der Waals surface area contributed by atoms with Gasteiger partial charge in [0.2, 0.25) is 0 Å². The fourth-order valence-corrected chi connectivity index (χ4v) is 2.97. The normalized spacial score (nSPS) is 10.8. The molecule has 0 aliphatic carbocycles. The van der Waals surface area contributed by atoms with Crippen LogP contribution < -0.4 is 0 Å². The molecule has 3 aromatic rings. The second-order valence-corrected chi connectivity index (χ2v) is 5.28. The van der Waals surface area contributed by atoms with E-state index in [0.717, 1.165) is 10.8 Å². The van der Waals surface area contributed by atoms with E-state index in [4.69, 9.17) is 9.47 Å². The van der Waals surface area contributed by atoms with Crippen LogP contribution in [0.1, 0.15) is 34.6 Å². The predicted octanol–water partition coefficient (Wildman–Crippen LogP) is 4.35. The Morgan fingerprint density at radius 2 is 1.00 bits per heavy atom. The number of rotatable bonds is 4. The highest BCUT2D eigenvalue weighted by atomic mass is 16.5. The first-order valence-corrected chi connectivity index (χ1v) is 7.96. The molecule has 0 N–H and O–H groups in total. The highest BCUT2D eigenvalue weighted by molar-refractivity contribution is 6.24. The fraction of sp³-hybridized carbons (Fsp3) is 0.200. The van der Waals surface area contributed by atoms with Gasteiger partial charge < -0.3 is 9.47 Å². The smallest absolute Gasteiger partial charge is 0.339 e. The van der Waals surface area contributed by atoms with Crippen LogP contribution in [0.25, 0.3) is 21.5 Å². The highest BCUT2D eigenvalue weighted by Gasteiger charge is 2.25. The maximum Gasteiger partial charge on any atom is 0.339 e. The van der Waals surface area contributed by atoms with E-state index in [0.29, 0.717) is 10.8 Å². The van der Waals surface area contributed by atoms with Crippen molar-refractivity contribution in [2.24, 2.45) is 0 Å². The van der Waals surface area contributed by atoms with Gasteiger partial charge in [0.05, 0.1) is 24.3 Å². The molecule has 0 radical (unpaired) electrons. The van der Waals surface area contributed by atoms with Crippen molar-refractivity contribution < 1.29 is 19.1 Å². The maximum atomic E-state index is 12.6. The van der Waals surface area contributed by atoms with E-state index >= 15 is 0 Å². The van der Waals surface area contributed by atoms with Crippen LogP contribution in [-0.4, -0.2) is 25.2 Å². The molecule has 122 valence electrons. The van der Waals surface area contributed by atoms with Gasteiger partial charge >= 0.3 is 11.9 Å². The second-order valence-electron chi connectivity index (χ2n) is 5.28. The van der Waals surface area contributed by atoms with Crippen molar-refractivity contribution in [1.82, 2.24) is 0 Å². The van der Waals surface area contributed by atoms with Crippen molar-refractivity contribution in [2.45, 2.75) is 13.8 Å². The lowest BCUT2D eigenvalue weighted by molar-refractivity contribution is 0.0482. The van der Waals surface area contributed by atoms with Crippen LogP contribution in [0.3, 0.4) is 0 Å². The Balaban J connectivity index is 2.48. The van der Waals surface area contributed by atoms with Gasteiger partial charge in [0, 0.05) is 0 Å². The number of hydrogen-bond acceptors (Lipinski definition) is 4. The number of esters is 2. The predicted molar refractivity (Wildman–Crippen MR) is 93.4 cm³/mol.